The molecule has 1 aromatic carbocycles. The van der Waals surface area contributed by atoms with Crippen molar-refractivity contribution < 1.29 is 9.53 Å². The Bertz CT molecular complexity index is 551. The van der Waals surface area contributed by atoms with E-state index in [0.29, 0.717) is 34.9 Å². The van der Waals surface area contributed by atoms with Crippen LogP contribution >= 0.6 is 24.0 Å². The number of anilines is 1. The van der Waals surface area contributed by atoms with Crippen LogP contribution in [0.1, 0.15) is 26.2 Å². The molecule has 0 aromatic heterocycles. The van der Waals surface area contributed by atoms with E-state index in [4.69, 9.17) is 22.1 Å². The van der Waals surface area contributed by atoms with Crippen molar-refractivity contribution >= 4 is 35.6 Å². The number of nitrogens with two attached hydrogens (primary N) is 1. The first-order valence-corrected chi connectivity index (χ1v) is 7.96. The second-order valence-electron chi connectivity index (χ2n) is 6.00. The Hall–Kier alpha value is -0.970. The second kappa shape index (κ2) is 7.07. The molecule has 2 fully saturated rings. The highest BCUT2D eigenvalue weighted by molar-refractivity contribution is 6.32. The number of carbonyl (C=O) groups is 1. The number of hydrogen-bond donors (Lipinski definition) is 2. The van der Waals surface area contributed by atoms with Gasteiger partial charge in [0.2, 0.25) is 5.91 Å². The van der Waals surface area contributed by atoms with E-state index in [9.17, 15) is 4.79 Å². The summed E-state index contributed by atoms with van der Waals surface area (Å²) < 4.78 is 5.39. The molecule has 0 saturated heterocycles. The number of hydrogen-bond acceptors (Lipinski definition) is 3. The summed E-state index contributed by atoms with van der Waals surface area (Å²) in [6.45, 7) is 2.47. The molecule has 1 aromatic rings. The molecule has 6 heteroatoms. The summed E-state index contributed by atoms with van der Waals surface area (Å²) in [4.78, 5) is 12.5. The van der Waals surface area contributed by atoms with Crippen LogP contribution in [0.2, 0.25) is 5.02 Å². The van der Waals surface area contributed by atoms with E-state index in [1.807, 2.05) is 13.0 Å². The number of amides is 1. The van der Waals surface area contributed by atoms with Gasteiger partial charge in [-0.2, -0.15) is 0 Å². The number of fused-ring (bicyclic) bond motifs is 2. The van der Waals surface area contributed by atoms with E-state index in [-0.39, 0.29) is 30.3 Å². The van der Waals surface area contributed by atoms with Crippen molar-refractivity contribution in [3.63, 3.8) is 0 Å². The summed E-state index contributed by atoms with van der Waals surface area (Å²) in [6.07, 6.45) is 3.40. The van der Waals surface area contributed by atoms with Crippen LogP contribution in [0.4, 0.5) is 5.69 Å². The molecule has 4 atom stereocenters. The minimum atomic E-state index is -0.0610. The predicted molar refractivity (Wildman–Crippen MR) is 90.8 cm³/mol. The monoisotopic (exact) mass is 344 g/mol. The van der Waals surface area contributed by atoms with Gasteiger partial charge < -0.3 is 15.8 Å². The average Bonchev–Trinajstić information content (AvgIpc) is 3.02. The standard InChI is InChI=1S/C16H21ClN2O2.ClH/c1-2-21-13-6-5-11(8-12(13)17)19-16(20)14-9-3-4-10(7-9)15(14)18;/h5-6,8-10,14-15H,2-4,7,18H2,1H3,(H,19,20);1H. The third-order valence-corrected chi connectivity index (χ3v) is 5.08. The van der Waals surface area contributed by atoms with Gasteiger partial charge in [-0.25, -0.2) is 0 Å². The molecular weight excluding hydrogens is 323 g/mol. The lowest BCUT2D eigenvalue weighted by atomic mass is 9.84. The third kappa shape index (κ3) is 3.19. The molecule has 3 N–H and O–H groups in total. The molecule has 22 heavy (non-hydrogen) atoms. The quantitative estimate of drug-likeness (QED) is 0.878. The highest BCUT2D eigenvalue weighted by Gasteiger charge is 2.49. The van der Waals surface area contributed by atoms with Crippen LogP contribution in [0.15, 0.2) is 18.2 Å². The maximum atomic E-state index is 12.5. The first-order chi connectivity index (χ1) is 10.1. The highest BCUT2D eigenvalue weighted by Crippen LogP contribution is 2.48. The summed E-state index contributed by atoms with van der Waals surface area (Å²) in [5.41, 5.74) is 6.90. The minimum Gasteiger partial charge on any atom is -0.492 e. The van der Waals surface area contributed by atoms with Crippen molar-refractivity contribution in [2.24, 2.45) is 23.5 Å². The van der Waals surface area contributed by atoms with E-state index in [1.165, 1.54) is 6.42 Å². The summed E-state index contributed by atoms with van der Waals surface area (Å²) >= 11 is 6.14. The molecule has 4 nitrogen and oxygen atoms in total. The Morgan fingerprint density at radius 1 is 1.41 bits per heavy atom. The Labute approximate surface area is 142 Å². The molecule has 0 aliphatic heterocycles. The summed E-state index contributed by atoms with van der Waals surface area (Å²) in [7, 11) is 0. The average molecular weight is 345 g/mol. The van der Waals surface area contributed by atoms with Crippen LogP contribution in [0.5, 0.6) is 5.75 Å². The van der Waals surface area contributed by atoms with Crippen molar-refractivity contribution in [2.45, 2.75) is 32.2 Å². The van der Waals surface area contributed by atoms with Crippen molar-refractivity contribution in [3.05, 3.63) is 23.2 Å². The first kappa shape index (κ1) is 17.4. The molecule has 1 amide bonds. The highest BCUT2D eigenvalue weighted by atomic mass is 35.5. The van der Waals surface area contributed by atoms with Crippen LogP contribution in [-0.4, -0.2) is 18.6 Å². The van der Waals surface area contributed by atoms with Crippen LogP contribution < -0.4 is 15.8 Å². The van der Waals surface area contributed by atoms with Gasteiger partial charge in [-0.1, -0.05) is 11.6 Å². The molecule has 2 bridgehead atoms. The van der Waals surface area contributed by atoms with Crippen molar-refractivity contribution in [1.29, 1.82) is 0 Å². The summed E-state index contributed by atoms with van der Waals surface area (Å²) in [6, 6.07) is 5.32. The summed E-state index contributed by atoms with van der Waals surface area (Å²) in [5.74, 6) is 1.57. The van der Waals surface area contributed by atoms with Gasteiger partial charge in [-0.05, 0) is 56.2 Å². The SMILES string of the molecule is CCOc1ccc(NC(=O)C2C3CCC(C3)C2N)cc1Cl.Cl. The zero-order chi connectivity index (χ0) is 15.0. The molecule has 0 spiro atoms. The molecule has 0 heterocycles. The Morgan fingerprint density at radius 3 is 2.73 bits per heavy atom. The van der Waals surface area contributed by atoms with Gasteiger partial charge in [-0.15, -0.1) is 12.4 Å². The first-order valence-electron chi connectivity index (χ1n) is 7.59. The number of rotatable bonds is 4. The maximum Gasteiger partial charge on any atom is 0.229 e. The number of ether oxygens (including phenoxy) is 1. The van der Waals surface area contributed by atoms with Gasteiger partial charge in [0.25, 0.3) is 0 Å². The fourth-order valence-corrected chi connectivity index (χ4v) is 4.04. The van der Waals surface area contributed by atoms with Crippen molar-refractivity contribution in [2.75, 3.05) is 11.9 Å². The van der Waals surface area contributed by atoms with E-state index >= 15 is 0 Å². The lowest BCUT2D eigenvalue weighted by Crippen LogP contribution is -2.42. The Balaban J connectivity index is 0.00000176. The number of nitrogens with one attached hydrogen (secondary N) is 1. The van der Waals surface area contributed by atoms with Crippen LogP contribution in [0.25, 0.3) is 0 Å². The number of halogens is 2. The largest absolute Gasteiger partial charge is 0.492 e. The molecule has 122 valence electrons. The zero-order valence-corrected chi connectivity index (χ0v) is 14.1. The minimum absolute atomic E-state index is 0. The zero-order valence-electron chi connectivity index (χ0n) is 12.5. The Morgan fingerprint density at radius 2 is 2.14 bits per heavy atom. The molecule has 2 saturated carbocycles. The molecule has 2 aliphatic carbocycles. The second-order valence-corrected chi connectivity index (χ2v) is 6.41. The summed E-state index contributed by atoms with van der Waals surface area (Å²) in [5, 5.41) is 3.46. The van der Waals surface area contributed by atoms with Crippen LogP contribution in [0, 0.1) is 17.8 Å². The van der Waals surface area contributed by atoms with E-state index < -0.39 is 0 Å². The fraction of sp³-hybridized carbons (Fsp3) is 0.562. The van der Waals surface area contributed by atoms with Gasteiger partial charge in [0.05, 0.1) is 17.5 Å². The molecule has 0 radical (unpaired) electrons. The van der Waals surface area contributed by atoms with Gasteiger partial charge in [0.1, 0.15) is 5.75 Å². The van der Waals surface area contributed by atoms with Gasteiger partial charge in [0, 0.05) is 11.7 Å². The number of carbonyl (C=O) groups excluding carboxylic acids is 1. The molecular formula is C16H22Cl2N2O2. The van der Waals surface area contributed by atoms with Crippen LogP contribution in [0.3, 0.4) is 0 Å². The number of benzene rings is 1. The van der Waals surface area contributed by atoms with E-state index in [2.05, 4.69) is 5.32 Å². The Kier molecular flexibility index (Phi) is 5.59. The molecule has 3 rings (SSSR count). The smallest absolute Gasteiger partial charge is 0.229 e. The third-order valence-electron chi connectivity index (χ3n) is 4.78. The van der Waals surface area contributed by atoms with Crippen LogP contribution in [-0.2, 0) is 4.79 Å². The fourth-order valence-electron chi connectivity index (χ4n) is 3.80. The van der Waals surface area contributed by atoms with Gasteiger partial charge in [0.15, 0.2) is 0 Å². The topological polar surface area (TPSA) is 64.3 Å². The predicted octanol–water partition coefficient (Wildman–Crippen LogP) is 3.47. The van der Waals surface area contributed by atoms with Gasteiger partial charge in [-0.3, -0.25) is 4.79 Å². The van der Waals surface area contributed by atoms with Crippen molar-refractivity contribution in [1.82, 2.24) is 0 Å². The van der Waals surface area contributed by atoms with E-state index in [1.54, 1.807) is 12.1 Å². The normalized spacial score (nSPS) is 29.0. The molecule has 4 unspecified atom stereocenters. The lowest BCUT2D eigenvalue weighted by molar-refractivity contribution is -0.121. The van der Waals surface area contributed by atoms with E-state index in [0.717, 1.165) is 12.8 Å². The molecule has 2 aliphatic rings. The maximum absolute atomic E-state index is 12.5. The lowest BCUT2D eigenvalue weighted by Gasteiger charge is -2.27. The van der Waals surface area contributed by atoms with Gasteiger partial charge >= 0.3 is 0 Å². The van der Waals surface area contributed by atoms with Crippen molar-refractivity contribution in [3.8, 4) is 5.75 Å².